The fourth-order valence-corrected chi connectivity index (χ4v) is 2.99. The van der Waals surface area contributed by atoms with Crippen molar-refractivity contribution in [1.82, 2.24) is 5.32 Å². The zero-order valence-electron chi connectivity index (χ0n) is 15.8. The molecule has 2 N–H and O–H groups in total. The molecular formula is C23H20ClNO4. The highest BCUT2D eigenvalue weighted by Gasteiger charge is 2.17. The molecule has 6 heteroatoms. The van der Waals surface area contributed by atoms with Gasteiger partial charge in [0.2, 0.25) is 0 Å². The molecule has 5 nitrogen and oxygen atoms in total. The third kappa shape index (κ3) is 5.36. The second-order valence-corrected chi connectivity index (χ2v) is 6.97. The molecule has 0 saturated heterocycles. The molecule has 0 aliphatic heterocycles. The van der Waals surface area contributed by atoms with Gasteiger partial charge in [0.1, 0.15) is 12.4 Å². The van der Waals surface area contributed by atoms with Crippen LogP contribution < -0.4 is 10.1 Å². The van der Waals surface area contributed by atoms with E-state index in [0.717, 1.165) is 11.1 Å². The maximum Gasteiger partial charge on any atom is 0.335 e. The van der Waals surface area contributed by atoms with Gasteiger partial charge in [-0.05, 0) is 48.4 Å². The maximum atomic E-state index is 12.8. The van der Waals surface area contributed by atoms with Crippen LogP contribution in [-0.2, 0) is 6.61 Å². The number of aromatic carboxylic acids is 1. The fourth-order valence-electron chi connectivity index (χ4n) is 2.81. The molecule has 1 atom stereocenters. The first-order chi connectivity index (χ1) is 13.9. The minimum atomic E-state index is -0.993. The zero-order valence-corrected chi connectivity index (χ0v) is 16.5. The monoisotopic (exact) mass is 409 g/mol. The molecule has 0 aliphatic carbocycles. The van der Waals surface area contributed by atoms with Crippen LogP contribution in [0, 0.1) is 0 Å². The van der Waals surface area contributed by atoms with Crippen molar-refractivity contribution in [2.24, 2.45) is 0 Å². The summed E-state index contributed by atoms with van der Waals surface area (Å²) in [6.07, 6.45) is 0. The number of hydrogen-bond donors (Lipinski definition) is 2. The van der Waals surface area contributed by atoms with Crippen molar-refractivity contribution in [2.45, 2.75) is 19.6 Å². The number of nitrogens with one attached hydrogen (secondary N) is 1. The van der Waals surface area contributed by atoms with E-state index < -0.39 is 5.97 Å². The molecule has 0 aliphatic rings. The Labute approximate surface area is 173 Å². The van der Waals surface area contributed by atoms with Crippen molar-refractivity contribution < 1.29 is 19.4 Å². The van der Waals surface area contributed by atoms with Gasteiger partial charge in [0.15, 0.2) is 0 Å². The molecule has 1 unspecified atom stereocenters. The minimum absolute atomic E-state index is 0.193. The normalized spacial score (nSPS) is 11.5. The van der Waals surface area contributed by atoms with E-state index in [9.17, 15) is 9.59 Å². The molecule has 148 valence electrons. The molecule has 0 aromatic heterocycles. The van der Waals surface area contributed by atoms with Crippen LogP contribution in [0.1, 0.15) is 44.8 Å². The number of carboxylic acid groups (broad SMARTS) is 1. The fraction of sp³-hybridized carbons (Fsp3) is 0.130. The first-order valence-corrected chi connectivity index (χ1v) is 9.42. The number of carbonyl (C=O) groups is 2. The summed E-state index contributed by atoms with van der Waals surface area (Å²) in [6, 6.07) is 20.6. The van der Waals surface area contributed by atoms with E-state index in [-0.39, 0.29) is 17.5 Å². The summed E-state index contributed by atoms with van der Waals surface area (Å²) in [5.41, 5.74) is 2.30. The Balaban J connectivity index is 1.73. The first kappa shape index (κ1) is 20.4. The number of carbonyl (C=O) groups excluding carboxylic acids is 1. The maximum absolute atomic E-state index is 12.8. The van der Waals surface area contributed by atoms with E-state index >= 15 is 0 Å². The number of carboxylic acids is 1. The SMILES string of the molecule is CC(NC(=O)c1cc(Cl)ccc1OCc1ccccc1)c1ccc(C(=O)O)cc1. The molecule has 1 amide bonds. The van der Waals surface area contributed by atoms with Gasteiger partial charge in [0, 0.05) is 5.02 Å². The lowest BCUT2D eigenvalue weighted by Crippen LogP contribution is -2.27. The molecule has 29 heavy (non-hydrogen) atoms. The predicted molar refractivity (Wildman–Crippen MR) is 112 cm³/mol. The van der Waals surface area contributed by atoms with Gasteiger partial charge in [-0.15, -0.1) is 0 Å². The van der Waals surface area contributed by atoms with Crippen molar-refractivity contribution in [3.8, 4) is 5.75 Å². The second-order valence-electron chi connectivity index (χ2n) is 6.54. The molecule has 0 heterocycles. The van der Waals surface area contributed by atoms with Gasteiger partial charge in [-0.25, -0.2) is 4.79 Å². The molecular weight excluding hydrogens is 390 g/mol. The van der Waals surface area contributed by atoms with E-state index in [1.54, 1.807) is 30.3 Å². The lowest BCUT2D eigenvalue weighted by Gasteiger charge is -2.17. The average molecular weight is 410 g/mol. The quantitative estimate of drug-likeness (QED) is 0.568. The van der Waals surface area contributed by atoms with Gasteiger partial charge >= 0.3 is 5.97 Å². The van der Waals surface area contributed by atoms with Crippen LogP contribution in [0.25, 0.3) is 0 Å². The highest BCUT2D eigenvalue weighted by atomic mass is 35.5. The number of rotatable bonds is 7. The molecule has 3 rings (SSSR count). The number of halogens is 1. The van der Waals surface area contributed by atoms with Gasteiger partial charge in [-0.3, -0.25) is 4.79 Å². The zero-order chi connectivity index (χ0) is 20.8. The number of benzene rings is 3. The van der Waals surface area contributed by atoms with E-state index in [2.05, 4.69) is 5.32 Å². The van der Waals surface area contributed by atoms with Crippen LogP contribution in [0.2, 0.25) is 5.02 Å². The topological polar surface area (TPSA) is 75.6 Å². The molecule has 0 radical (unpaired) electrons. The summed E-state index contributed by atoms with van der Waals surface area (Å²) in [6.45, 7) is 2.15. The van der Waals surface area contributed by atoms with Crippen LogP contribution in [0.5, 0.6) is 5.75 Å². The standard InChI is InChI=1S/C23H20ClNO4/c1-15(17-7-9-18(10-8-17)23(27)28)25-22(26)20-13-19(24)11-12-21(20)29-14-16-5-3-2-4-6-16/h2-13,15H,14H2,1H3,(H,25,26)(H,27,28). The highest BCUT2D eigenvalue weighted by Crippen LogP contribution is 2.25. The Hall–Kier alpha value is -3.31. The summed E-state index contributed by atoms with van der Waals surface area (Å²) in [5.74, 6) is -0.887. The van der Waals surface area contributed by atoms with Crippen LogP contribution in [-0.4, -0.2) is 17.0 Å². The Morgan fingerprint density at radius 3 is 2.38 bits per heavy atom. The van der Waals surface area contributed by atoms with Crippen LogP contribution >= 0.6 is 11.6 Å². The van der Waals surface area contributed by atoms with Crippen LogP contribution in [0.15, 0.2) is 72.8 Å². The lowest BCUT2D eigenvalue weighted by molar-refractivity contribution is 0.0696. The Morgan fingerprint density at radius 2 is 1.72 bits per heavy atom. The summed E-state index contributed by atoms with van der Waals surface area (Å²) >= 11 is 6.09. The third-order valence-electron chi connectivity index (χ3n) is 4.43. The van der Waals surface area contributed by atoms with Crippen LogP contribution in [0.4, 0.5) is 0 Å². The predicted octanol–water partition coefficient (Wildman–Crippen LogP) is 5.11. The summed E-state index contributed by atoms with van der Waals surface area (Å²) < 4.78 is 5.84. The Morgan fingerprint density at radius 1 is 1.03 bits per heavy atom. The molecule has 3 aromatic carbocycles. The molecule has 3 aromatic rings. The van der Waals surface area contributed by atoms with Gasteiger partial charge in [0.05, 0.1) is 17.2 Å². The molecule has 0 spiro atoms. The van der Waals surface area contributed by atoms with E-state index in [0.29, 0.717) is 22.9 Å². The van der Waals surface area contributed by atoms with Gasteiger partial charge in [0.25, 0.3) is 5.91 Å². The van der Waals surface area contributed by atoms with Gasteiger partial charge < -0.3 is 15.2 Å². The van der Waals surface area contributed by atoms with Gasteiger partial charge in [-0.1, -0.05) is 54.1 Å². The summed E-state index contributed by atoms with van der Waals surface area (Å²) in [4.78, 5) is 23.8. The van der Waals surface area contributed by atoms with E-state index in [1.807, 2.05) is 37.3 Å². The van der Waals surface area contributed by atoms with E-state index in [4.69, 9.17) is 21.4 Å². The summed E-state index contributed by atoms with van der Waals surface area (Å²) in [7, 11) is 0. The molecule has 0 fully saturated rings. The highest BCUT2D eigenvalue weighted by molar-refractivity contribution is 6.31. The van der Waals surface area contributed by atoms with Crippen molar-refractivity contribution >= 4 is 23.5 Å². The van der Waals surface area contributed by atoms with Crippen molar-refractivity contribution in [2.75, 3.05) is 0 Å². The van der Waals surface area contributed by atoms with Crippen molar-refractivity contribution in [3.63, 3.8) is 0 Å². The lowest BCUT2D eigenvalue weighted by atomic mass is 10.1. The van der Waals surface area contributed by atoms with Gasteiger partial charge in [-0.2, -0.15) is 0 Å². The Kier molecular flexibility index (Phi) is 6.52. The Bertz CT molecular complexity index is 1000. The second kappa shape index (κ2) is 9.26. The average Bonchev–Trinajstić information content (AvgIpc) is 2.73. The van der Waals surface area contributed by atoms with Crippen LogP contribution in [0.3, 0.4) is 0 Å². The number of ether oxygens (including phenoxy) is 1. The van der Waals surface area contributed by atoms with E-state index in [1.165, 1.54) is 12.1 Å². The smallest absolute Gasteiger partial charge is 0.335 e. The largest absolute Gasteiger partial charge is 0.488 e. The third-order valence-corrected chi connectivity index (χ3v) is 4.66. The van der Waals surface area contributed by atoms with Crippen molar-refractivity contribution in [3.05, 3.63) is 100 Å². The molecule has 0 saturated carbocycles. The van der Waals surface area contributed by atoms with Crippen molar-refractivity contribution in [1.29, 1.82) is 0 Å². The minimum Gasteiger partial charge on any atom is -0.488 e. The first-order valence-electron chi connectivity index (χ1n) is 9.04. The number of hydrogen-bond acceptors (Lipinski definition) is 3. The molecule has 0 bridgehead atoms. The number of amides is 1. The summed E-state index contributed by atoms with van der Waals surface area (Å²) in [5, 5.41) is 12.3.